The van der Waals surface area contributed by atoms with Crippen LogP contribution in [-0.4, -0.2) is 34.8 Å². The molecule has 1 aromatic rings. The van der Waals surface area contributed by atoms with Crippen LogP contribution >= 0.6 is 0 Å². The van der Waals surface area contributed by atoms with Gasteiger partial charge in [0, 0.05) is 11.3 Å². The van der Waals surface area contributed by atoms with Crippen LogP contribution < -0.4 is 10.6 Å². The molecule has 0 bridgehead atoms. The number of nitrogens with one attached hydrogen (secondary N) is 2. The number of carboxylic acid groups (broad SMARTS) is 1. The van der Waals surface area contributed by atoms with Gasteiger partial charge < -0.3 is 10.4 Å². The maximum atomic E-state index is 11.8. The van der Waals surface area contributed by atoms with Gasteiger partial charge in [0.05, 0.1) is 6.54 Å². The zero-order valence-corrected chi connectivity index (χ0v) is 11.8. The molecule has 1 aromatic carbocycles. The van der Waals surface area contributed by atoms with E-state index in [1.165, 1.54) is 6.92 Å². The van der Waals surface area contributed by atoms with Crippen LogP contribution in [0.3, 0.4) is 0 Å². The summed E-state index contributed by atoms with van der Waals surface area (Å²) in [6.07, 6.45) is 1.94. The Labute approximate surface area is 122 Å². The first-order valence-electron chi connectivity index (χ1n) is 6.82. The van der Waals surface area contributed by atoms with Crippen LogP contribution in [0.5, 0.6) is 0 Å². The van der Waals surface area contributed by atoms with Crippen molar-refractivity contribution in [3.05, 3.63) is 29.8 Å². The Hall–Kier alpha value is -2.21. The maximum Gasteiger partial charge on any atom is 0.323 e. The summed E-state index contributed by atoms with van der Waals surface area (Å²) in [5, 5.41) is 14.6. The molecule has 0 saturated heterocycles. The number of rotatable bonds is 6. The van der Waals surface area contributed by atoms with Gasteiger partial charge in [0.15, 0.2) is 5.78 Å². The van der Waals surface area contributed by atoms with Gasteiger partial charge in [0.2, 0.25) is 5.91 Å². The lowest BCUT2D eigenvalue weighted by Gasteiger charge is -2.38. The molecule has 21 heavy (non-hydrogen) atoms. The molecule has 1 aliphatic carbocycles. The van der Waals surface area contributed by atoms with E-state index in [2.05, 4.69) is 10.6 Å². The van der Waals surface area contributed by atoms with Crippen LogP contribution in [0, 0.1) is 0 Å². The molecule has 0 aliphatic heterocycles. The summed E-state index contributed by atoms with van der Waals surface area (Å²) in [5.41, 5.74) is 0.200. The van der Waals surface area contributed by atoms with Crippen LogP contribution in [0.4, 0.5) is 5.69 Å². The summed E-state index contributed by atoms with van der Waals surface area (Å²) >= 11 is 0. The van der Waals surface area contributed by atoms with Crippen molar-refractivity contribution in [2.75, 3.05) is 11.9 Å². The number of hydrogen-bond acceptors (Lipinski definition) is 4. The first-order chi connectivity index (χ1) is 9.93. The Balaban J connectivity index is 1.87. The molecule has 6 heteroatoms. The third-order valence-corrected chi connectivity index (χ3v) is 3.78. The molecular weight excluding hydrogens is 272 g/mol. The van der Waals surface area contributed by atoms with Crippen LogP contribution in [0.15, 0.2) is 24.3 Å². The molecule has 2 rings (SSSR count). The van der Waals surface area contributed by atoms with E-state index >= 15 is 0 Å². The van der Waals surface area contributed by atoms with Crippen molar-refractivity contribution in [3.8, 4) is 0 Å². The van der Waals surface area contributed by atoms with Gasteiger partial charge in [-0.1, -0.05) is 0 Å². The number of amides is 1. The number of carbonyl (C=O) groups is 3. The average molecular weight is 290 g/mol. The lowest BCUT2D eigenvalue weighted by Crippen LogP contribution is -2.58. The lowest BCUT2D eigenvalue weighted by atomic mass is 9.77. The highest BCUT2D eigenvalue weighted by Gasteiger charge is 2.44. The molecule has 0 heterocycles. The largest absolute Gasteiger partial charge is 0.480 e. The number of anilines is 1. The number of Topliss-reactive ketones (excluding diaryl/α,β-unsaturated/α-hetero) is 1. The van der Waals surface area contributed by atoms with Gasteiger partial charge in [-0.05, 0) is 50.5 Å². The van der Waals surface area contributed by atoms with Crippen molar-refractivity contribution in [1.29, 1.82) is 0 Å². The first-order valence-corrected chi connectivity index (χ1v) is 6.82. The van der Waals surface area contributed by atoms with Gasteiger partial charge in [-0.15, -0.1) is 0 Å². The molecule has 0 radical (unpaired) electrons. The Kier molecular flexibility index (Phi) is 4.37. The molecule has 0 atom stereocenters. The number of hydrogen-bond donors (Lipinski definition) is 3. The second-order valence-corrected chi connectivity index (χ2v) is 5.28. The second-order valence-electron chi connectivity index (χ2n) is 5.28. The summed E-state index contributed by atoms with van der Waals surface area (Å²) in [6.45, 7) is 1.42. The van der Waals surface area contributed by atoms with Crippen molar-refractivity contribution < 1.29 is 19.5 Å². The Morgan fingerprint density at radius 3 is 2.24 bits per heavy atom. The minimum atomic E-state index is -0.949. The Bertz CT molecular complexity index is 562. The van der Waals surface area contributed by atoms with Gasteiger partial charge in [0.25, 0.3) is 0 Å². The normalized spacial score (nSPS) is 15.9. The number of carbonyl (C=O) groups excluding carboxylic acids is 2. The van der Waals surface area contributed by atoms with E-state index in [0.717, 1.165) is 6.42 Å². The van der Waals surface area contributed by atoms with Gasteiger partial charge in [-0.25, -0.2) is 0 Å². The molecule has 0 spiro atoms. The van der Waals surface area contributed by atoms with Crippen LogP contribution in [0.2, 0.25) is 0 Å². The molecule has 1 fully saturated rings. The first kappa shape index (κ1) is 15.2. The fraction of sp³-hybridized carbons (Fsp3) is 0.400. The topological polar surface area (TPSA) is 95.5 Å². The molecule has 1 aliphatic rings. The SMILES string of the molecule is CC(=O)c1ccc(NC(=O)CNC2(C(=O)O)CCC2)cc1. The van der Waals surface area contributed by atoms with E-state index in [0.29, 0.717) is 24.1 Å². The quantitative estimate of drug-likeness (QED) is 0.689. The number of ketones is 1. The highest BCUT2D eigenvalue weighted by Crippen LogP contribution is 2.31. The molecule has 1 saturated carbocycles. The predicted octanol–water partition coefficient (Wildman–Crippen LogP) is 1.42. The van der Waals surface area contributed by atoms with Gasteiger partial charge in [0.1, 0.15) is 5.54 Å². The standard InChI is InChI=1S/C15H18N2O4/c1-10(18)11-3-5-12(6-4-11)17-13(19)9-16-15(14(20)21)7-2-8-15/h3-6,16H,2,7-9H2,1H3,(H,17,19)(H,20,21). The summed E-state index contributed by atoms with van der Waals surface area (Å²) in [4.78, 5) is 34.1. The van der Waals surface area contributed by atoms with E-state index < -0.39 is 11.5 Å². The van der Waals surface area contributed by atoms with Crippen molar-refractivity contribution in [2.24, 2.45) is 0 Å². The summed E-state index contributed by atoms with van der Waals surface area (Å²) in [5.74, 6) is -1.26. The molecule has 3 N–H and O–H groups in total. The van der Waals surface area contributed by atoms with E-state index in [1.807, 2.05) is 0 Å². The summed E-state index contributed by atoms with van der Waals surface area (Å²) in [7, 11) is 0. The minimum absolute atomic E-state index is 0.0390. The third kappa shape index (κ3) is 3.46. The van der Waals surface area contributed by atoms with Crippen LogP contribution in [0.1, 0.15) is 36.5 Å². The monoisotopic (exact) mass is 290 g/mol. The Morgan fingerprint density at radius 2 is 1.81 bits per heavy atom. The third-order valence-electron chi connectivity index (χ3n) is 3.78. The predicted molar refractivity (Wildman–Crippen MR) is 77.3 cm³/mol. The molecular formula is C15H18N2O4. The summed E-state index contributed by atoms with van der Waals surface area (Å²) < 4.78 is 0. The molecule has 6 nitrogen and oxygen atoms in total. The Morgan fingerprint density at radius 1 is 1.19 bits per heavy atom. The fourth-order valence-corrected chi connectivity index (χ4v) is 2.24. The van der Waals surface area contributed by atoms with Crippen LogP contribution in [-0.2, 0) is 9.59 Å². The average Bonchev–Trinajstić information content (AvgIpc) is 2.37. The van der Waals surface area contributed by atoms with Crippen molar-refractivity contribution >= 4 is 23.3 Å². The molecule has 112 valence electrons. The maximum absolute atomic E-state index is 11.8. The van der Waals surface area contributed by atoms with E-state index in [-0.39, 0.29) is 18.2 Å². The lowest BCUT2D eigenvalue weighted by molar-refractivity contribution is -0.148. The van der Waals surface area contributed by atoms with Crippen molar-refractivity contribution in [1.82, 2.24) is 5.32 Å². The van der Waals surface area contributed by atoms with Crippen molar-refractivity contribution in [2.45, 2.75) is 31.7 Å². The van der Waals surface area contributed by atoms with E-state index in [1.54, 1.807) is 24.3 Å². The number of carboxylic acids is 1. The number of benzene rings is 1. The summed E-state index contributed by atoms with van der Waals surface area (Å²) in [6, 6.07) is 6.56. The van der Waals surface area contributed by atoms with Crippen molar-refractivity contribution in [3.63, 3.8) is 0 Å². The minimum Gasteiger partial charge on any atom is -0.480 e. The highest BCUT2D eigenvalue weighted by atomic mass is 16.4. The van der Waals surface area contributed by atoms with Crippen LogP contribution in [0.25, 0.3) is 0 Å². The second kappa shape index (κ2) is 6.05. The fourth-order valence-electron chi connectivity index (χ4n) is 2.24. The molecule has 0 aromatic heterocycles. The molecule has 0 unspecified atom stereocenters. The van der Waals surface area contributed by atoms with E-state index in [4.69, 9.17) is 5.11 Å². The number of aliphatic carboxylic acids is 1. The van der Waals surface area contributed by atoms with Gasteiger partial charge >= 0.3 is 5.97 Å². The zero-order chi connectivity index (χ0) is 15.5. The van der Waals surface area contributed by atoms with Gasteiger partial charge in [-0.2, -0.15) is 0 Å². The molecule has 1 amide bonds. The van der Waals surface area contributed by atoms with Gasteiger partial charge in [-0.3, -0.25) is 19.7 Å². The smallest absolute Gasteiger partial charge is 0.323 e. The van der Waals surface area contributed by atoms with E-state index in [9.17, 15) is 14.4 Å². The highest BCUT2D eigenvalue weighted by molar-refractivity contribution is 5.96. The zero-order valence-electron chi connectivity index (χ0n) is 11.8.